The maximum absolute atomic E-state index is 10.9. The number of hydrogen-bond acceptors (Lipinski definition) is 6. The van der Waals surface area contributed by atoms with E-state index in [-0.39, 0.29) is 5.97 Å². The molecule has 1 aromatic heterocycles. The number of benzene rings is 1. The molecule has 0 saturated heterocycles. The number of hydrogen-bond donors (Lipinski definition) is 0. The molecule has 0 atom stereocenters. The number of thioether (sulfide) groups is 1. The molecule has 7 heteroatoms. The Kier molecular flexibility index (Phi) is 5.43. The van der Waals surface area contributed by atoms with E-state index in [1.807, 2.05) is 12.1 Å². The molecular weight excluding hydrogens is 300 g/mol. The average molecular weight is 313 g/mol. The molecule has 20 heavy (non-hydrogen) atoms. The van der Waals surface area contributed by atoms with Gasteiger partial charge in [0.2, 0.25) is 11.7 Å². The van der Waals surface area contributed by atoms with Crippen molar-refractivity contribution in [3.8, 4) is 11.4 Å². The van der Waals surface area contributed by atoms with Gasteiger partial charge < -0.3 is 9.26 Å². The molecule has 0 fully saturated rings. The molecule has 0 N–H and O–H groups in total. The third-order valence-electron chi connectivity index (χ3n) is 2.47. The summed E-state index contributed by atoms with van der Waals surface area (Å²) in [5.41, 5.74) is 0.851. The van der Waals surface area contributed by atoms with Crippen LogP contribution in [0.15, 0.2) is 28.8 Å². The van der Waals surface area contributed by atoms with E-state index in [1.54, 1.807) is 23.9 Å². The fourth-order valence-electron chi connectivity index (χ4n) is 1.45. The van der Waals surface area contributed by atoms with Gasteiger partial charge in [-0.15, -0.1) is 0 Å². The number of esters is 1. The summed E-state index contributed by atoms with van der Waals surface area (Å²) < 4.78 is 9.71. The van der Waals surface area contributed by atoms with Crippen molar-refractivity contribution in [3.05, 3.63) is 35.2 Å². The average Bonchev–Trinajstić information content (AvgIpc) is 2.93. The second-order valence-corrected chi connectivity index (χ2v) is 5.44. The number of halogens is 1. The zero-order valence-corrected chi connectivity index (χ0v) is 12.4. The predicted molar refractivity (Wildman–Crippen MR) is 77.5 cm³/mol. The number of rotatable bonds is 6. The highest BCUT2D eigenvalue weighted by Gasteiger charge is 2.09. The maximum atomic E-state index is 10.9. The molecule has 0 spiro atoms. The van der Waals surface area contributed by atoms with Gasteiger partial charge in [-0.05, 0) is 24.3 Å². The second kappa shape index (κ2) is 7.31. The van der Waals surface area contributed by atoms with E-state index in [2.05, 4.69) is 14.9 Å². The molecular formula is C13H13ClN2O3S. The highest BCUT2D eigenvalue weighted by Crippen LogP contribution is 2.20. The highest BCUT2D eigenvalue weighted by atomic mass is 35.5. The lowest BCUT2D eigenvalue weighted by Crippen LogP contribution is -2.01. The first-order valence-corrected chi connectivity index (χ1v) is 7.45. The molecule has 1 heterocycles. The molecule has 1 aromatic carbocycles. The fraction of sp³-hybridized carbons (Fsp3) is 0.308. The normalized spacial score (nSPS) is 10.5. The zero-order chi connectivity index (χ0) is 14.4. The Morgan fingerprint density at radius 1 is 1.40 bits per heavy atom. The van der Waals surface area contributed by atoms with Crippen LogP contribution in [0.25, 0.3) is 11.4 Å². The van der Waals surface area contributed by atoms with Gasteiger partial charge in [-0.1, -0.05) is 16.8 Å². The van der Waals surface area contributed by atoms with Gasteiger partial charge in [0.05, 0.1) is 19.3 Å². The van der Waals surface area contributed by atoms with Crippen LogP contribution in [0.4, 0.5) is 0 Å². The van der Waals surface area contributed by atoms with Crippen molar-refractivity contribution in [2.24, 2.45) is 0 Å². The van der Waals surface area contributed by atoms with Crippen molar-refractivity contribution in [1.29, 1.82) is 0 Å². The lowest BCUT2D eigenvalue weighted by molar-refractivity contribution is -0.140. The number of aromatic nitrogens is 2. The monoisotopic (exact) mass is 312 g/mol. The zero-order valence-electron chi connectivity index (χ0n) is 10.8. The summed E-state index contributed by atoms with van der Waals surface area (Å²) in [6.45, 7) is 0. The Morgan fingerprint density at radius 2 is 2.15 bits per heavy atom. The van der Waals surface area contributed by atoms with Crippen molar-refractivity contribution < 1.29 is 14.1 Å². The van der Waals surface area contributed by atoms with E-state index >= 15 is 0 Å². The van der Waals surface area contributed by atoms with Crippen molar-refractivity contribution in [1.82, 2.24) is 10.1 Å². The third-order valence-corrected chi connectivity index (χ3v) is 3.67. The van der Waals surface area contributed by atoms with Crippen molar-refractivity contribution in [2.75, 3.05) is 12.9 Å². The summed E-state index contributed by atoms with van der Waals surface area (Å²) in [6, 6.07) is 7.22. The van der Waals surface area contributed by atoms with E-state index < -0.39 is 0 Å². The van der Waals surface area contributed by atoms with Crippen LogP contribution in [0.2, 0.25) is 5.02 Å². The van der Waals surface area contributed by atoms with Gasteiger partial charge in [0, 0.05) is 16.3 Å². The minimum absolute atomic E-state index is 0.218. The van der Waals surface area contributed by atoms with E-state index in [9.17, 15) is 4.79 Å². The number of methoxy groups -OCH3 is 1. The number of carbonyl (C=O) groups excluding carboxylic acids is 1. The van der Waals surface area contributed by atoms with Crippen LogP contribution >= 0.6 is 23.4 Å². The molecule has 0 radical (unpaired) electrons. The van der Waals surface area contributed by atoms with Crippen LogP contribution in [0, 0.1) is 0 Å². The molecule has 0 unspecified atom stereocenters. The molecule has 0 saturated carbocycles. The quantitative estimate of drug-likeness (QED) is 0.603. The summed E-state index contributed by atoms with van der Waals surface area (Å²) in [5, 5.41) is 4.57. The van der Waals surface area contributed by atoms with Gasteiger partial charge in [0.1, 0.15) is 0 Å². The number of carbonyl (C=O) groups is 1. The summed E-state index contributed by atoms with van der Waals surface area (Å²) in [4.78, 5) is 15.2. The minimum atomic E-state index is -0.218. The first kappa shape index (κ1) is 14.9. The smallest absolute Gasteiger partial charge is 0.306 e. The topological polar surface area (TPSA) is 65.2 Å². The number of nitrogens with zero attached hydrogens (tertiary/aromatic N) is 2. The molecule has 5 nitrogen and oxygen atoms in total. The van der Waals surface area contributed by atoms with Crippen LogP contribution in [0.5, 0.6) is 0 Å². The van der Waals surface area contributed by atoms with E-state index in [0.717, 1.165) is 5.56 Å². The largest absolute Gasteiger partial charge is 0.469 e. The third kappa shape index (κ3) is 4.25. The first-order valence-electron chi connectivity index (χ1n) is 5.92. The Morgan fingerprint density at radius 3 is 2.85 bits per heavy atom. The van der Waals surface area contributed by atoms with Crippen LogP contribution in [0.1, 0.15) is 12.3 Å². The second-order valence-electron chi connectivity index (χ2n) is 3.90. The maximum Gasteiger partial charge on any atom is 0.306 e. The summed E-state index contributed by atoms with van der Waals surface area (Å²) in [6.07, 6.45) is 0.374. The molecule has 0 aliphatic carbocycles. The predicted octanol–water partition coefficient (Wildman–Crippen LogP) is 3.19. The lowest BCUT2D eigenvalue weighted by atomic mass is 10.2. The highest BCUT2D eigenvalue weighted by molar-refractivity contribution is 7.98. The Hall–Kier alpha value is -1.53. The van der Waals surface area contributed by atoms with Gasteiger partial charge in [0.15, 0.2) is 0 Å². The fourth-order valence-corrected chi connectivity index (χ4v) is 2.32. The van der Waals surface area contributed by atoms with Gasteiger partial charge in [-0.25, -0.2) is 0 Å². The molecule has 0 aliphatic rings. The van der Waals surface area contributed by atoms with Crippen molar-refractivity contribution in [2.45, 2.75) is 12.2 Å². The standard InChI is InChI=1S/C13H13ClN2O3S/c1-18-12(17)6-7-20-8-11-15-13(16-19-11)9-2-4-10(14)5-3-9/h2-5H,6-8H2,1H3. The molecule has 0 bridgehead atoms. The van der Waals surface area contributed by atoms with Crippen LogP contribution in [0.3, 0.4) is 0 Å². The molecule has 0 aliphatic heterocycles. The van der Waals surface area contributed by atoms with Gasteiger partial charge in [0.25, 0.3) is 0 Å². The molecule has 0 amide bonds. The summed E-state index contributed by atoms with van der Waals surface area (Å²) >= 11 is 7.36. The SMILES string of the molecule is COC(=O)CCSCc1nc(-c2ccc(Cl)cc2)no1. The van der Waals surface area contributed by atoms with E-state index in [4.69, 9.17) is 16.1 Å². The van der Waals surface area contributed by atoms with E-state index in [1.165, 1.54) is 7.11 Å². The lowest BCUT2D eigenvalue weighted by Gasteiger charge is -1.97. The Labute approximate surface area is 125 Å². The number of ether oxygens (including phenoxy) is 1. The minimum Gasteiger partial charge on any atom is -0.469 e. The van der Waals surface area contributed by atoms with Gasteiger partial charge in [-0.2, -0.15) is 16.7 Å². The Balaban J connectivity index is 1.86. The van der Waals surface area contributed by atoms with E-state index in [0.29, 0.717) is 34.7 Å². The van der Waals surface area contributed by atoms with Gasteiger partial charge in [-0.3, -0.25) is 4.79 Å². The molecule has 2 aromatic rings. The molecule has 106 valence electrons. The molecule has 2 rings (SSSR count). The van der Waals surface area contributed by atoms with Crippen LogP contribution in [-0.4, -0.2) is 29.0 Å². The Bertz CT molecular complexity index is 571. The summed E-state index contributed by atoms with van der Waals surface area (Å²) in [5.74, 6) is 2.07. The van der Waals surface area contributed by atoms with Crippen molar-refractivity contribution in [3.63, 3.8) is 0 Å². The first-order chi connectivity index (χ1) is 9.69. The van der Waals surface area contributed by atoms with Crippen LogP contribution in [-0.2, 0) is 15.3 Å². The van der Waals surface area contributed by atoms with Crippen molar-refractivity contribution >= 4 is 29.3 Å². The van der Waals surface area contributed by atoms with Crippen LogP contribution < -0.4 is 0 Å². The summed E-state index contributed by atoms with van der Waals surface area (Å²) in [7, 11) is 1.38. The van der Waals surface area contributed by atoms with Gasteiger partial charge >= 0.3 is 5.97 Å².